The zero-order chi connectivity index (χ0) is 20.2. The molecule has 0 saturated carbocycles. The maximum absolute atomic E-state index is 12.4. The summed E-state index contributed by atoms with van der Waals surface area (Å²) >= 11 is 26.7. The van der Waals surface area contributed by atoms with Crippen molar-refractivity contribution < 1.29 is 4.79 Å². The van der Waals surface area contributed by atoms with Gasteiger partial charge in [-0.25, -0.2) is 0 Å². The van der Waals surface area contributed by atoms with Crippen molar-refractivity contribution >= 4 is 79.7 Å². The topological polar surface area (TPSA) is 53.2 Å². The van der Waals surface area contributed by atoms with Crippen molar-refractivity contribution in [1.82, 2.24) is 10.6 Å². The van der Waals surface area contributed by atoms with Gasteiger partial charge in [-0.05, 0) is 62.0 Å². The monoisotopic (exact) mass is 507 g/mol. The first kappa shape index (κ1) is 22.2. The molecule has 2 aromatic rings. The number of amides is 1. The van der Waals surface area contributed by atoms with Crippen molar-refractivity contribution in [3.63, 3.8) is 0 Å². The summed E-state index contributed by atoms with van der Waals surface area (Å²) in [4.78, 5) is 12.4. The zero-order valence-electron chi connectivity index (χ0n) is 14.4. The number of rotatable bonds is 4. The summed E-state index contributed by atoms with van der Waals surface area (Å²) in [6, 6.07) is 12.7. The Morgan fingerprint density at radius 2 is 1.70 bits per heavy atom. The normalized spacial score (nSPS) is 12.2. The first-order valence-corrected chi connectivity index (χ1v) is 10.2. The predicted molar refractivity (Wildman–Crippen MR) is 121 cm³/mol. The average molecular weight is 510 g/mol. The number of carbonyl (C=O) groups is 1. The van der Waals surface area contributed by atoms with Crippen LogP contribution in [0.4, 0.5) is 5.69 Å². The van der Waals surface area contributed by atoms with Crippen molar-refractivity contribution in [1.29, 1.82) is 0 Å². The molecule has 9 heteroatoms. The van der Waals surface area contributed by atoms with Crippen LogP contribution in [-0.2, 0) is 0 Å². The van der Waals surface area contributed by atoms with E-state index in [2.05, 4.69) is 31.9 Å². The highest BCUT2D eigenvalue weighted by Crippen LogP contribution is 2.29. The number of halogens is 4. The van der Waals surface area contributed by atoms with Gasteiger partial charge in [0.1, 0.15) is 6.17 Å². The van der Waals surface area contributed by atoms with Crippen LogP contribution in [0.2, 0.25) is 0 Å². The Hall–Kier alpha value is -1.05. The second-order valence-corrected chi connectivity index (χ2v) is 9.56. The Morgan fingerprint density at radius 1 is 1.07 bits per heavy atom. The predicted octanol–water partition coefficient (Wildman–Crippen LogP) is 5.48. The van der Waals surface area contributed by atoms with Crippen LogP contribution in [0, 0.1) is 13.8 Å². The molecule has 2 aromatic carbocycles. The van der Waals surface area contributed by atoms with Gasteiger partial charge in [-0.3, -0.25) is 4.79 Å². The summed E-state index contributed by atoms with van der Waals surface area (Å²) in [6.07, 6.45) is -1.04. The number of carbonyl (C=O) groups excluding carboxylic acids is 1. The fourth-order valence-electron chi connectivity index (χ4n) is 2.26. The van der Waals surface area contributed by atoms with Gasteiger partial charge in [-0.1, -0.05) is 68.4 Å². The molecule has 0 aliphatic rings. The van der Waals surface area contributed by atoms with E-state index in [4.69, 9.17) is 47.0 Å². The molecule has 0 aliphatic carbocycles. The summed E-state index contributed by atoms with van der Waals surface area (Å²) in [5.74, 6) is -0.402. The van der Waals surface area contributed by atoms with Gasteiger partial charge >= 0.3 is 0 Å². The van der Waals surface area contributed by atoms with Crippen LogP contribution in [0.5, 0.6) is 0 Å². The lowest BCUT2D eigenvalue weighted by Gasteiger charge is -2.28. The largest absolute Gasteiger partial charge is 0.339 e. The van der Waals surface area contributed by atoms with Crippen molar-refractivity contribution in [3.8, 4) is 0 Å². The summed E-state index contributed by atoms with van der Waals surface area (Å²) in [5.41, 5.74) is 3.40. The number of alkyl halides is 3. The minimum absolute atomic E-state index is 0.217. The molecule has 0 aliphatic heterocycles. The quantitative estimate of drug-likeness (QED) is 0.290. The average Bonchev–Trinajstić information content (AvgIpc) is 2.56. The van der Waals surface area contributed by atoms with Gasteiger partial charge in [0.25, 0.3) is 5.91 Å². The molecule has 0 unspecified atom stereocenters. The fourth-order valence-corrected chi connectivity index (χ4v) is 3.08. The van der Waals surface area contributed by atoms with Crippen LogP contribution >= 0.6 is 63.0 Å². The van der Waals surface area contributed by atoms with E-state index in [0.29, 0.717) is 5.56 Å². The molecule has 144 valence electrons. The third-order valence-electron chi connectivity index (χ3n) is 3.61. The van der Waals surface area contributed by atoms with Crippen LogP contribution < -0.4 is 16.0 Å². The van der Waals surface area contributed by atoms with Crippen LogP contribution in [-0.4, -0.2) is 21.0 Å². The van der Waals surface area contributed by atoms with Crippen LogP contribution in [0.25, 0.3) is 0 Å². The van der Waals surface area contributed by atoms with E-state index in [9.17, 15) is 4.79 Å². The summed E-state index contributed by atoms with van der Waals surface area (Å²) in [5, 5.41) is 8.75. The SMILES string of the molecule is Cc1ccc(NC(=S)N[C@@H](NC(=O)c2ccc(Br)cc2)C(Cl)(Cl)Cl)c(C)c1. The highest BCUT2D eigenvalue weighted by molar-refractivity contribution is 9.10. The number of hydrogen-bond donors (Lipinski definition) is 3. The van der Waals surface area contributed by atoms with Gasteiger partial charge in [0.05, 0.1) is 0 Å². The second-order valence-electron chi connectivity index (χ2n) is 5.87. The number of benzene rings is 2. The first-order valence-electron chi connectivity index (χ1n) is 7.84. The van der Waals surface area contributed by atoms with Crippen LogP contribution in [0.3, 0.4) is 0 Å². The van der Waals surface area contributed by atoms with E-state index >= 15 is 0 Å². The molecule has 3 N–H and O–H groups in total. The molecule has 27 heavy (non-hydrogen) atoms. The molecule has 1 amide bonds. The van der Waals surface area contributed by atoms with Crippen LogP contribution in [0.1, 0.15) is 21.5 Å². The Labute approximate surface area is 187 Å². The Bertz CT molecular complexity index is 841. The Morgan fingerprint density at radius 3 is 2.26 bits per heavy atom. The van der Waals surface area contributed by atoms with Gasteiger partial charge < -0.3 is 16.0 Å². The Balaban J connectivity index is 2.08. The van der Waals surface area contributed by atoms with E-state index < -0.39 is 15.9 Å². The van der Waals surface area contributed by atoms with E-state index in [-0.39, 0.29) is 5.11 Å². The van der Waals surface area contributed by atoms with E-state index in [1.165, 1.54) is 0 Å². The van der Waals surface area contributed by atoms with Crippen LogP contribution in [0.15, 0.2) is 46.9 Å². The van der Waals surface area contributed by atoms with E-state index in [0.717, 1.165) is 21.3 Å². The Kier molecular flexibility index (Phi) is 7.77. The molecular formula is C18H17BrCl3N3OS. The molecule has 0 saturated heterocycles. The minimum atomic E-state index is -1.82. The van der Waals surface area contributed by atoms with Gasteiger partial charge in [0.15, 0.2) is 5.11 Å². The number of hydrogen-bond acceptors (Lipinski definition) is 2. The third kappa shape index (κ3) is 6.80. The van der Waals surface area contributed by atoms with Crippen molar-refractivity contribution in [2.24, 2.45) is 0 Å². The number of aryl methyl sites for hydroxylation is 2. The molecule has 0 fully saturated rings. The number of thiocarbonyl (C=S) groups is 1. The fraction of sp³-hybridized carbons (Fsp3) is 0.222. The lowest BCUT2D eigenvalue weighted by Crippen LogP contribution is -2.56. The van der Waals surface area contributed by atoms with Gasteiger partial charge in [-0.2, -0.15) is 0 Å². The first-order chi connectivity index (χ1) is 12.6. The summed E-state index contributed by atoms with van der Waals surface area (Å²) < 4.78 is -0.965. The van der Waals surface area contributed by atoms with Gasteiger partial charge in [0, 0.05) is 15.7 Å². The minimum Gasteiger partial charge on any atom is -0.339 e. The molecule has 0 spiro atoms. The maximum atomic E-state index is 12.4. The second kappa shape index (κ2) is 9.43. The van der Waals surface area contributed by atoms with Crippen molar-refractivity contribution in [2.75, 3.05) is 5.32 Å². The molecule has 4 nitrogen and oxygen atoms in total. The molecule has 0 heterocycles. The van der Waals surface area contributed by atoms with E-state index in [1.807, 2.05) is 32.0 Å². The van der Waals surface area contributed by atoms with Gasteiger partial charge in [0.2, 0.25) is 3.79 Å². The molecule has 2 rings (SSSR count). The molecule has 1 atom stereocenters. The van der Waals surface area contributed by atoms with Crippen molar-refractivity contribution in [2.45, 2.75) is 23.8 Å². The summed E-state index contributed by atoms with van der Waals surface area (Å²) in [7, 11) is 0. The molecule has 0 bridgehead atoms. The summed E-state index contributed by atoms with van der Waals surface area (Å²) in [6.45, 7) is 3.96. The molecule has 0 radical (unpaired) electrons. The lowest BCUT2D eigenvalue weighted by molar-refractivity contribution is 0.0934. The highest BCUT2D eigenvalue weighted by Gasteiger charge is 2.34. The lowest BCUT2D eigenvalue weighted by atomic mass is 10.1. The van der Waals surface area contributed by atoms with Crippen molar-refractivity contribution in [3.05, 3.63) is 63.6 Å². The highest BCUT2D eigenvalue weighted by atomic mass is 79.9. The third-order valence-corrected chi connectivity index (χ3v) is 5.02. The molecule has 0 aromatic heterocycles. The van der Waals surface area contributed by atoms with E-state index in [1.54, 1.807) is 24.3 Å². The number of anilines is 1. The zero-order valence-corrected chi connectivity index (χ0v) is 19.1. The maximum Gasteiger partial charge on any atom is 0.252 e. The van der Waals surface area contributed by atoms with Gasteiger partial charge in [-0.15, -0.1) is 0 Å². The number of nitrogens with one attached hydrogen (secondary N) is 3. The smallest absolute Gasteiger partial charge is 0.252 e. The standard InChI is InChI=1S/C18H17BrCl3N3OS/c1-10-3-8-14(11(2)9-10)23-17(27)25-16(18(20,21)22)24-15(26)12-4-6-13(19)7-5-12/h3-9,16H,1-2H3,(H,24,26)(H2,23,25,27)/t16-/m1/s1. The molecular weight excluding hydrogens is 493 g/mol.